The number of carbonyl (C=O) groups is 1. The largest absolute Gasteiger partial charge is 0.460 e. The van der Waals surface area contributed by atoms with Crippen LogP contribution in [0.1, 0.15) is 26.3 Å². The Morgan fingerprint density at radius 3 is 2.32 bits per heavy atom. The summed E-state index contributed by atoms with van der Waals surface area (Å²) in [4.78, 5) is 33.4. The third-order valence-corrected chi connectivity index (χ3v) is 4.20. The van der Waals surface area contributed by atoms with Gasteiger partial charge in [-0.1, -0.05) is 30.3 Å². The van der Waals surface area contributed by atoms with Crippen LogP contribution in [-0.4, -0.2) is 34.6 Å². The first-order valence-electron chi connectivity index (χ1n) is 9.58. The predicted molar refractivity (Wildman–Crippen MR) is 114 cm³/mol. The third-order valence-electron chi connectivity index (χ3n) is 4.20. The van der Waals surface area contributed by atoms with Crippen LogP contribution in [0.5, 0.6) is 0 Å². The van der Waals surface area contributed by atoms with Gasteiger partial charge >= 0.3 is 5.97 Å². The number of non-ortho nitro benzene ring substituents is 1. The van der Waals surface area contributed by atoms with Gasteiger partial charge in [-0.25, -0.2) is 0 Å². The molecule has 2 aromatic carbocycles. The Hall–Kier alpha value is -3.53. The van der Waals surface area contributed by atoms with Gasteiger partial charge in [0.25, 0.3) is 11.4 Å². The van der Waals surface area contributed by atoms with E-state index in [-0.39, 0.29) is 25.4 Å². The van der Waals surface area contributed by atoms with Gasteiger partial charge in [0.05, 0.1) is 34.0 Å². The lowest BCUT2D eigenvalue weighted by Crippen LogP contribution is -2.33. The van der Waals surface area contributed by atoms with Crippen LogP contribution in [0.3, 0.4) is 0 Å². The van der Waals surface area contributed by atoms with E-state index in [1.54, 1.807) is 0 Å². The first-order chi connectivity index (χ1) is 14.6. The molecule has 31 heavy (non-hydrogen) atoms. The van der Waals surface area contributed by atoms with E-state index in [4.69, 9.17) is 9.47 Å². The first-order valence-corrected chi connectivity index (χ1v) is 9.58. The minimum absolute atomic E-state index is 0.0116. The molecule has 2 aromatic rings. The summed E-state index contributed by atoms with van der Waals surface area (Å²) < 4.78 is 11.1. The Kier molecular flexibility index (Phi) is 8.03. The quantitative estimate of drug-likeness (QED) is 0.338. The third kappa shape index (κ3) is 7.67. The fourth-order valence-electron chi connectivity index (χ4n) is 2.57. The highest BCUT2D eigenvalue weighted by Gasteiger charge is 2.26. The predicted octanol–water partition coefficient (Wildman–Crippen LogP) is 4.09. The smallest absolute Gasteiger partial charge is 0.313 e. The number of rotatable bonds is 10. The summed E-state index contributed by atoms with van der Waals surface area (Å²) in [6.07, 6.45) is 0. The van der Waals surface area contributed by atoms with Gasteiger partial charge < -0.3 is 14.8 Å². The van der Waals surface area contributed by atoms with Gasteiger partial charge in [0, 0.05) is 12.6 Å². The molecule has 166 valence electrons. The van der Waals surface area contributed by atoms with E-state index in [0.717, 1.165) is 17.7 Å². The van der Waals surface area contributed by atoms with Gasteiger partial charge in [-0.15, -0.1) is 0 Å². The second-order valence-corrected chi connectivity index (χ2v) is 7.81. The van der Waals surface area contributed by atoms with Crippen molar-refractivity contribution in [2.45, 2.75) is 33.0 Å². The Balaban J connectivity index is 2.12. The van der Waals surface area contributed by atoms with E-state index >= 15 is 0 Å². The van der Waals surface area contributed by atoms with Crippen LogP contribution in [0.15, 0.2) is 48.5 Å². The summed E-state index contributed by atoms with van der Waals surface area (Å²) in [6.45, 7) is 5.63. The summed E-state index contributed by atoms with van der Waals surface area (Å²) in [5.74, 6) is -1.28. The normalized spacial score (nSPS) is 12.1. The molecule has 0 aliphatic carbocycles. The average Bonchev–Trinajstić information content (AvgIpc) is 2.71. The van der Waals surface area contributed by atoms with Crippen molar-refractivity contribution in [3.63, 3.8) is 0 Å². The average molecular weight is 431 g/mol. The molecule has 0 radical (unpaired) electrons. The van der Waals surface area contributed by atoms with E-state index in [2.05, 4.69) is 5.32 Å². The van der Waals surface area contributed by atoms with Crippen molar-refractivity contribution in [1.82, 2.24) is 0 Å². The second kappa shape index (κ2) is 10.5. The molecule has 0 bridgehead atoms. The Bertz CT molecular complexity index is 926. The maximum atomic E-state index is 12.7. The number of nitrogens with zero attached hydrogens (tertiary/aromatic N) is 2. The number of hydrogen-bond acceptors (Lipinski definition) is 8. The summed E-state index contributed by atoms with van der Waals surface area (Å²) in [7, 11) is 0. The number of esters is 1. The lowest BCUT2D eigenvalue weighted by Gasteiger charge is -2.24. The molecular weight excluding hydrogens is 406 g/mol. The molecule has 0 amide bonds. The molecule has 0 aliphatic heterocycles. The highest BCUT2D eigenvalue weighted by molar-refractivity contribution is 5.74. The van der Waals surface area contributed by atoms with Gasteiger partial charge in [0.15, 0.2) is 0 Å². The van der Waals surface area contributed by atoms with Crippen LogP contribution in [0.2, 0.25) is 0 Å². The van der Waals surface area contributed by atoms with Crippen molar-refractivity contribution in [2.75, 3.05) is 18.5 Å². The zero-order valence-corrected chi connectivity index (χ0v) is 17.6. The highest BCUT2D eigenvalue weighted by atomic mass is 16.6. The van der Waals surface area contributed by atoms with Crippen LogP contribution in [0.4, 0.5) is 17.1 Å². The molecule has 1 N–H and O–H groups in total. The van der Waals surface area contributed by atoms with E-state index in [1.165, 1.54) is 6.07 Å². The number of hydrogen-bond donors (Lipinski definition) is 1. The van der Waals surface area contributed by atoms with Gasteiger partial charge in [0.1, 0.15) is 12.3 Å². The van der Waals surface area contributed by atoms with Gasteiger partial charge in [-0.05, 0) is 32.4 Å². The zero-order chi connectivity index (χ0) is 23.0. The lowest BCUT2D eigenvalue weighted by atomic mass is 10.1. The number of nitro benzene ring substituents is 2. The molecule has 1 atom stereocenters. The van der Waals surface area contributed by atoms with Crippen LogP contribution in [-0.2, 0) is 20.9 Å². The van der Waals surface area contributed by atoms with Crippen molar-refractivity contribution >= 4 is 23.0 Å². The Morgan fingerprint density at radius 2 is 1.74 bits per heavy atom. The maximum Gasteiger partial charge on any atom is 0.313 e. The maximum absolute atomic E-state index is 12.7. The van der Waals surface area contributed by atoms with Crippen LogP contribution in [0, 0.1) is 26.1 Å². The van der Waals surface area contributed by atoms with Crippen molar-refractivity contribution in [2.24, 2.45) is 5.92 Å². The van der Waals surface area contributed by atoms with Crippen LogP contribution < -0.4 is 5.32 Å². The molecule has 0 unspecified atom stereocenters. The van der Waals surface area contributed by atoms with E-state index in [0.29, 0.717) is 0 Å². The number of nitro groups is 2. The molecule has 2 rings (SSSR count). The van der Waals surface area contributed by atoms with Gasteiger partial charge in [-0.3, -0.25) is 25.0 Å². The van der Waals surface area contributed by atoms with E-state index in [1.807, 2.05) is 51.1 Å². The van der Waals surface area contributed by atoms with Crippen molar-refractivity contribution < 1.29 is 24.1 Å². The first kappa shape index (κ1) is 23.7. The lowest BCUT2D eigenvalue weighted by molar-refractivity contribution is -0.393. The number of carbonyl (C=O) groups excluding carboxylic acids is 1. The second-order valence-electron chi connectivity index (χ2n) is 7.81. The summed E-state index contributed by atoms with van der Waals surface area (Å²) in [5.41, 5.74) is -0.468. The van der Waals surface area contributed by atoms with Gasteiger partial charge in [-0.2, -0.15) is 0 Å². The molecule has 0 heterocycles. The summed E-state index contributed by atoms with van der Waals surface area (Å²) in [5, 5.41) is 25.0. The number of nitrogens with one attached hydrogen (secondary N) is 1. The van der Waals surface area contributed by atoms with Crippen molar-refractivity contribution in [1.29, 1.82) is 0 Å². The molecule has 10 heteroatoms. The van der Waals surface area contributed by atoms with Crippen LogP contribution in [0.25, 0.3) is 0 Å². The molecular formula is C21H25N3O7. The monoisotopic (exact) mass is 431 g/mol. The van der Waals surface area contributed by atoms with E-state index in [9.17, 15) is 25.0 Å². The zero-order valence-electron chi connectivity index (χ0n) is 17.6. The summed E-state index contributed by atoms with van der Waals surface area (Å²) >= 11 is 0. The molecule has 0 fully saturated rings. The van der Waals surface area contributed by atoms with Crippen LogP contribution >= 0.6 is 0 Å². The SMILES string of the molecule is CC(C)(C)OC[C@@H](CNc1ccc([N+](=O)[O-])cc1[N+](=O)[O-])C(=O)OCc1ccccc1. The Morgan fingerprint density at radius 1 is 1.06 bits per heavy atom. The highest BCUT2D eigenvalue weighted by Crippen LogP contribution is 2.29. The molecule has 10 nitrogen and oxygen atoms in total. The topological polar surface area (TPSA) is 134 Å². The number of ether oxygens (including phenoxy) is 2. The summed E-state index contributed by atoms with van der Waals surface area (Å²) in [6, 6.07) is 12.4. The van der Waals surface area contributed by atoms with Gasteiger partial charge in [0.2, 0.25) is 0 Å². The molecule has 0 saturated heterocycles. The fourth-order valence-corrected chi connectivity index (χ4v) is 2.57. The molecule has 0 aliphatic rings. The minimum Gasteiger partial charge on any atom is -0.460 e. The van der Waals surface area contributed by atoms with Crippen molar-refractivity contribution in [3.8, 4) is 0 Å². The van der Waals surface area contributed by atoms with Crippen molar-refractivity contribution in [3.05, 3.63) is 74.3 Å². The molecule has 0 saturated carbocycles. The molecule has 0 aromatic heterocycles. The van der Waals surface area contributed by atoms with E-state index < -0.39 is 38.7 Å². The minimum atomic E-state index is -0.752. The Labute approximate surface area is 179 Å². The standard InChI is InChI=1S/C21H25N3O7/c1-21(2,3)31-14-16(20(25)30-13-15-7-5-4-6-8-15)12-22-18-10-9-17(23(26)27)11-19(18)24(28)29/h4-11,16,22H,12-14H2,1-3H3/t16-/m1/s1. The fraction of sp³-hybridized carbons (Fsp3) is 0.381. The number of benzene rings is 2. The molecule has 0 spiro atoms. The number of anilines is 1.